The first-order chi connectivity index (χ1) is 15.5. The van der Waals surface area contributed by atoms with Gasteiger partial charge in [-0.25, -0.2) is 5.43 Å². The van der Waals surface area contributed by atoms with E-state index in [9.17, 15) is 9.59 Å². The minimum absolute atomic E-state index is 0.335. The quantitative estimate of drug-likeness (QED) is 0.259. The fourth-order valence-corrected chi connectivity index (χ4v) is 2.98. The lowest BCUT2D eigenvalue weighted by molar-refractivity contribution is -0.126. The number of anilines is 1. The molecule has 3 aromatic rings. The number of hydrazone groups is 1. The van der Waals surface area contributed by atoms with E-state index >= 15 is 0 Å². The van der Waals surface area contributed by atoms with E-state index < -0.39 is 11.8 Å². The minimum atomic E-state index is -0.518. The summed E-state index contributed by atoms with van der Waals surface area (Å²) < 4.78 is 12.2. The number of carbonyl (C=O) groups is 2. The molecule has 0 aliphatic carbocycles. The molecule has 0 spiro atoms. The van der Waals surface area contributed by atoms with Gasteiger partial charge in [0.15, 0.2) is 11.5 Å². The van der Waals surface area contributed by atoms with E-state index in [1.165, 1.54) is 6.21 Å². The van der Waals surface area contributed by atoms with Crippen molar-refractivity contribution in [3.05, 3.63) is 88.4 Å². The molecule has 0 aliphatic heterocycles. The van der Waals surface area contributed by atoms with Gasteiger partial charge < -0.3 is 14.8 Å². The van der Waals surface area contributed by atoms with Gasteiger partial charge in [-0.3, -0.25) is 9.59 Å². The Kier molecular flexibility index (Phi) is 8.39. The highest BCUT2D eigenvalue weighted by atomic mass is 79.9. The summed E-state index contributed by atoms with van der Waals surface area (Å²) in [5, 5.41) is 6.55. The monoisotopic (exact) mass is 495 g/mol. The second-order valence-corrected chi connectivity index (χ2v) is 7.63. The van der Waals surface area contributed by atoms with Gasteiger partial charge in [-0.15, -0.1) is 0 Å². The Hall–Kier alpha value is -3.65. The van der Waals surface area contributed by atoms with Crippen LogP contribution in [0.4, 0.5) is 5.69 Å². The van der Waals surface area contributed by atoms with Crippen molar-refractivity contribution < 1.29 is 19.1 Å². The van der Waals surface area contributed by atoms with E-state index in [1.54, 1.807) is 49.6 Å². The van der Waals surface area contributed by atoms with Crippen LogP contribution in [0.25, 0.3) is 0 Å². The highest BCUT2D eigenvalue weighted by molar-refractivity contribution is 9.10. The van der Waals surface area contributed by atoms with Crippen LogP contribution in [0.15, 0.2) is 82.4 Å². The Morgan fingerprint density at radius 2 is 1.72 bits per heavy atom. The van der Waals surface area contributed by atoms with Crippen molar-refractivity contribution in [1.29, 1.82) is 0 Å². The summed E-state index contributed by atoms with van der Waals surface area (Å²) in [6.45, 7) is 0.401. The predicted octanol–water partition coefficient (Wildman–Crippen LogP) is 4.52. The maximum Gasteiger partial charge on any atom is 0.249 e. The third-order valence-corrected chi connectivity index (χ3v) is 4.81. The van der Waals surface area contributed by atoms with Gasteiger partial charge in [0.1, 0.15) is 13.0 Å². The molecule has 2 amide bonds. The molecule has 0 radical (unpaired) electrons. The van der Waals surface area contributed by atoms with Gasteiger partial charge in [0.2, 0.25) is 11.8 Å². The topological polar surface area (TPSA) is 89.0 Å². The molecule has 0 fully saturated rings. The Morgan fingerprint density at radius 1 is 0.969 bits per heavy atom. The second kappa shape index (κ2) is 11.7. The molecule has 0 saturated heterocycles. The van der Waals surface area contributed by atoms with E-state index in [1.807, 2.05) is 30.3 Å². The summed E-state index contributed by atoms with van der Waals surface area (Å²) in [5.41, 5.74) is 4.70. The number of nitrogens with zero attached hydrogens (tertiary/aromatic N) is 1. The van der Waals surface area contributed by atoms with Gasteiger partial charge in [-0.1, -0.05) is 46.3 Å². The van der Waals surface area contributed by atoms with Crippen molar-refractivity contribution in [3.63, 3.8) is 0 Å². The summed E-state index contributed by atoms with van der Waals surface area (Å²) in [7, 11) is 1.55. The molecule has 0 unspecified atom stereocenters. The number of ether oxygens (including phenoxy) is 2. The van der Waals surface area contributed by atoms with Crippen molar-refractivity contribution in [2.24, 2.45) is 5.10 Å². The van der Waals surface area contributed by atoms with Crippen LogP contribution in [-0.2, 0) is 16.2 Å². The fraction of sp³-hybridized carbons (Fsp3) is 0.125. The van der Waals surface area contributed by atoms with Crippen LogP contribution < -0.4 is 20.2 Å². The molecule has 0 bridgehead atoms. The van der Waals surface area contributed by atoms with Crippen LogP contribution >= 0.6 is 15.9 Å². The largest absolute Gasteiger partial charge is 0.493 e. The maximum absolute atomic E-state index is 11.9. The first-order valence-electron chi connectivity index (χ1n) is 9.75. The zero-order chi connectivity index (χ0) is 22.8. The van der Waals surface area contributed by atoms with Gasteiger partial charge in [0.05, 0.1) is 13.3 Å². The number of nitrogens with one attached hydrogen (secondary N) is 2. The number of benzene rings is 3. The average molecular weight is 496 g/mol. The summed E-state index contributed by atoms with van der Waals surface area (Å²) in [4.78, 5) is 23.8. The summed E-state index contributed by atoms with van der Waals surface area (Å²) in [6, 6.07) is 22.1. The van der Waals surface area contributed by atoms with E-state index in [2.05, 4.69) is 31.8 Å². The summed E-state index contributed by atoms with van der Waals surface area (Å²) >= 11 is 3.41. The van der Waals surface area contributed by atoms with Gasteiger partial charge in [0, 0.05) is 10.2 Å². The molecule has 2 N–H and O–H groups in total. The molecular weight excluding hydrogens is 474 g/mol. The number of amides is 2. The smallest absolute Gasteiger partial charge is 0.249 e. The SMILES string of the molecule is COc1cc(C=NNC(=O)CC(=O)Nc2ccccc2)ccc1OCc1ccc(Br)cc1. The second-order valence-electron chi connectivity index (χ2n) is 6.71. The highest BCUT2D eigenvalue weighted by Crippen LogP contribution is 2.28. The third-order valence-electron chi connectivity index (χ3n) is 4.28. The van der Waals surface area contributed by atoms with Gasteiger partial charge >= 0.3 is 0 Å². The molecule has 7 nitrogen and oxygen atoms in total. The number of halogens is 1. The molecule has 0 atom stereocenters. The van der Waals surface area contributed by atoms with Crippen LogP contribution in [0.3, 0.4) is 0 Å². The Balaban J connectivity index is 1.51. The van der Waals surface area contributed by atoms with E-state index in [-0.39, 0.29) is 6.42 Å². The average Bonchev–Trinajstić information content (AvgIpc) is 2.79. The van der Waals surface area contributed by atoms with Crippen LogP contribution in [0.2, 0.25) is 0 Å². The summed E-state index contributed by atoms with van der Waals surface area (Å²) in [6.07, 6.45) is 1.13. The van der Waals surface area contributed by atoms with Crippen molar-refractivity contribution >= 4 is 39.6 Å². The molecule has 0 aromatic heterocycles. The first kappa shape index (κ1) is 23.0. The van der Waals surface area contributed by atoms with Crippen molar-refractivity contribution in [2.45, 2.75) is 13.0 Å². The molecule has 0 saturated carbocycles. The number of methoxy groups -OCH3 is 1. The maximum atomic E-state index is 11.9. The zero-order valence-electron chi connectivity index (χ0n) is 17.4. The van der Waals surface area contributed by atoms with Gasteiger partial charge in [-0.2, -0.15) is 5.10 Å². The van der Waals surface area contributed by atoms with Crippen LogP contribution in [0.5, 0.6) is 11.5 Å². The predicted molar refractivity (Wildman–Crippen MR) is 127 cm³/mol. The molecule has 0 aliphatic rings. The van der Waals surface area contributed by atoms with Gasteiger partial charge in [0.25, 0.3) is 0 Å². The Morgan fingerprint density at radius 3 is 2.44 bits per heavy atom. The highest BCUT2D eigenvalue weighted by Gasteiger charge is 2.09. The van der Waals surface area contributed by atoms with Crippen molar-refractivity contribution in [1.82, 2.24) is 5.43 Å². The van der Waals surface area contributed by atoms with E-state index in [0.29, 0.717) is 29.4 Å². The molecule has 164 valence electrons. The standard InChI is InChI=1S/C24H22BrN3O4/c1-31-22-13-18(9-12-21(22)32-16-17-7-10-19(25)11-8-17)15-26-28-24(30)14-23(29)27-20-5-3-2-4-6-20/h2-13,15H,14,16H2,1H3,(H,27,29)(H,28,30). The molecule has 0 heterocycles. The lowest BCUT2D eigenvalue weighted by atomic mass is 10.2. The summed E-state index contributed by atoms with van der Waals surface area (Å²) in [5.74, 6) is 0.197. The number of hydrogen-bond acceptors (Lipinski definition) is 5. The Labute approximate surface area is 194 Å². The normalized spacial score (nSPS) is 10.6. The third kappa shape index (κ3) is 7.24. The molecule has 8 heteroatoms. The van der Waals surface area contributed by atoms with Crippen LogP contribution in [-0.4, -0.2) is 25.1 Å². The lowest BCUT2D eigenvalue weighted by Gasteiger charge is -2.11. The number of rotatable bonds is 9. The van der Waals surface area contributed by atoms with Crippen molar-refractivity contribution in [3.8, 4) is 11.5 Å². The fourth-order valence-electron chi connectivity index (χ4n) is 2.72. The lowest BCUT2D eigenvalue weighted by Crippen LogP contribution is -2.24. The number of para-hydroxylation sites is 1. The minimum Gasteiger partial charge on any atom is -0.493 e. The molecule has 32 heavy (non-hydrogen) atoms. The van der Waals surface area contributed by atoms with Crippen LogP contribution in [0, 0.1) is 0 Å². The van der Waals surface area contributed by atoms with E-state index in [0.717, 1.165) is 10.0 Å². The Bertz CT molecular complexity index is 1090. The molecule has 3 aromatic carbocycles. The number of carbonyl (C=O) groups excluding carboxylic acids is 2. The van der Waals surface area contributed by atoms with Crippen LogP contribution in [0.1, 0.15) is 17.5 Å². The zero-order valence-corrected chi connectivity index (χ0v) is 19.0. The molecular formula is C24H22BrN3O4. The molecule has 3 rings (SSSR count). The van der Waals surface area contributed by atoms with E-state index in [4.69, 9.17) is 9.47 Å². The van der Waals surface area contributed by atoms with Crippen molar-refractivity contribution in [2.75, 3.05) is 12.4 Å². The van der Waals surface area contributed by atoms with Gasteiger partial charge in [-0.05, 0) is 53.6 Å². The first-order valence-corrected chi connectivity index (χ1v) is 10.5. The number of hydrogen-bond donors (Lipinski definition) is 2.